The van der Waals surface area contributed by atoms with E-state index in [9.17, 15) is 27.2 Å². The van der Waals surface area contributed by atoms with Crippen molar-refractivity contribution in [3.05, 3.63) is 99.7 Å². The number of carbonyl (C=O) groups is 1. The first-order chi connectivity index (χ1) is 17.2. The molecule has 0 aliphatic heterocycles. The van der Waals surface area contributed by atoms with Gasteiger partial charge in [0.15, 0.2) is 0 Å². The van der Waals surface area contributed by atoms with Crippen molar-refractivity contribution in [2.24, 2.45) is 0 Å². The van der Waals surface area contributed by atoms with Gasteiger partial charge in [0.2, 0.25) is 11.2 Å². The second-order valence-electron chi connectivity index (χ2n) is 7.51. The summed E-state index contributed by atoms with van der Waals surface area (Å²) in [7, 11) is 0. The number of halogens is 4. The quantitative estimate of drug-likeness (QED) is 0.212. The van der Waals surface area contributed by atoms with Crippen molar-refractivity contribution in [3.63, 3.8) is 0 Å². The third kappa shape index (κ3) is 5.48. The summed E-state index contributed by atoms with van der Waals surface area (Å²) in [6.07, 6.45) is -5.04. The number of hydrogen-bond acceptors (Lipinski definition) is 6. The molecule has 4 rings (SSSR count). The molecule has 0 radical (unpaired) electrons. The van der Waals surface area contributed by atoms with E-state index in [1.54, 1.807) is 6.92 Å². The van der Waals surface area contributed by atoms with Crippen LogP contribution in [-0.2, 0) is 17.5 Å². The van der Waals surface area contributed by atoms with Crippen LogP contribution in [0.15, 0.2) is 75.9 Å². The minimum atomic E-state index is -5.04. The minimum absolute atomic E-state index is 0.0190. The summed E-state index contributed by atoms with van der Waals surface area (Å²) < 4.78 is 75.1. The summed E-state index contributed by atoms with van der Waals surface area (Å²) in [4.78, 5) is 24.7. The fourth-order valence-corrected chi connectivity index (χ4v) is 3.26. The molecule has 0 N–H and O–H groups in total. The first-order valence-corrected chi connectivity index (χ1v) is 10.7. The highest BCUT2D eigenvalue weighted by Crippen LogP contribution is 2.38. The van der Waals surface area contributed by atoms with Gasteiger partial charge in [0, 0.05) is 6.07 Å². The molecule has 0 spiro atoms. The number of esters is 1. The Balaban J connectivity index is 1.65. The van der Waals surface area contributed by atoms with Crippen molar-refractivity contribution < 1.29 is 41.0 Å². The van der Waals surface area contributed by atoms with Gasteiger partial charge in [0.1, 0.15) is 29.5 Å². The van der Waals surface area contributed by atoms with Crippen LogP contribution in [0.4, 0.5) is 17.6 Å². The normalized spacial score (nSPS) is 11.4. The van der Waals surface area contributed by atoms with Crippen LogP contribution >= 0.6 is 0 Å². The maximum Gasteiger partial charge on any atom is 0.453 e. The second-order valence-corrected chi connectivity index (χ2v) is 7.51. The fourth-order valence-electron chi connectivity index (χ4n) is 3.26. The predicted octanol–water partition coefficient (Wildman–Crippen LogP) is 6.50. The zero-order chi connectivity index (χ0) is 25.9. The lowest BCUT2D eigenvalue weighted by Gasteiger charge is -2.14. The number of carbonyl (C=O) groups excluding carboxylic acids is 1. The first kappa shape index (κ1) is 24.8. The average molecular weight is 502 g/mol. The summed E-state index contributed by atoms with van der Waals surface area (Å²) in [5.74, 6) is -3.66. The molecule has 0 bridgehead atoms. The monoisotopic (exact) mass is 502 g/mol. The van der Waals surface area contributed by atoms with E-state index in [0.717, 1.165) is 6.07 Å². The van der Waals surface area contributed by atoms with Crippen molar-refractivity contribution in [2.45, 2.75) is 19.7 Å². The smallest absolute Gasteiger partial charge is 0.453 e. The second kappa shape index (κ2) is 10.1. The molecule has 0 saturated carbocycles. The van der Waals surface area contributed by atoms with Crippen LogP contribution in [0.5, 0.6) is 17.2 Å². The number of fused-ring (bicyclic) bond motifs is 1. The molecule has 1 heterocycles. The standard InChI is InChI=1S/C26H18F4O6/c1-2-33-25(32)16-5-9-18(10-6-16)35-23-22(31)20-12-11-19(13-21(20)36-24(23)26(28,29)30)34-14-15-3-7-17(27)8-4-15/h3-13H,2,14H2,1H3. The van der Waals surface area contributed by atoms with Gasteiger partial charge in [0.05, 0.1) is 17.6 Å². The zero-order valence-electron chi connectivity index (χ0n) is 18.7. The number of benzene rings is 3. The van der Waals surface area contributed by atoms with Crippen LogP contribution in [-0.4, -0.2) is 12.6 Å². The van der Waals surface area contributed by atoms with Crippen LogP contribution in [0.3, 0.4) is 0 Å². The highest BCUT2D eigenvalue weighted by Gasteiger charge is 2.40. The highest BCUT2D eigenvalue weighted by atomic mass is 19.4. The SMILES string of the molecule is CCOC(=O)c1ccc(Oc2c(C(F)(F)F)oc3cc(OCc4ccc(F)cc4)ccc3c2=O)cc1. The molecule has 0 saturated heterocycles. The number of rotatable bonds is 7. The van der Waals surface area contributed by atoms with E-state index in [4.69, 9.17) is 18.6 Å². The number of ether oxygens (including phenoxy) is 3. The maximum absolute atomic E-state index is 13.8. The number of alkyl halides is 3. The van der Waals surface area contributed by atoms with E-state index in [1.165, 1.54) is 60.7 Å². The molecule has 36 heavy (non-hydrogen) atoms. The summed E-state index contributed by atoms with van der Waals surface area (Å²) in [5, 5.41) is -0.157. The topological polar surface area (TPSA) is 75.0 Å². The van der Waals surface area contributed by atoms with Gasteiger partial charge in [-0.3, -0.25) is 4.79 Å². The van der Waals surface area contributed by atoms with E-state index in [-0.39, 0.29) is 41.2 Å². The Morgan fingerprint density at radius 2 is 1.61 bits per heavy atom. The van der Waals surface area contributed by atoms with Gasteiger partial charge < -0.3 is 18.6 Å². The highest BCUT2D eigenvalue weighted by molar-refractivity contribution is 5.89. The molecular formula is C26H18F4O6. The van der Waals surface area contributed by atoms with Gasteiger partial charge in [-0.2, -0.15) is 13.2 Å². The molecule has 1 aromatic heterocycles. The predicted molar refractivity (Wildman–Crippen MR) is 121 cm³/mol. The summed E-state index contributed by atoms with van der Waals surface area (Å²) >= 11 is 0. The van der Waals surface area contributed by atoms with Crippen molar-refractivity contribution in [3.8, 4) is 17.2 Å². The van der Waals surface area contributed by atoms with Crippen molar-refractivity contribution in [1.82, 2.24) is 0 Å². The Labute approximate surface area is 201 Å². The Kier molecular flexibility index (Phi) is 6.96. The summed E-state index contributed by atoms with van der Waals surface area (Å²) in [5.41, 5.74) is -0.595. The van der Waals surface area contributed by atoms with Crippen molar-refractivity contribution in [2.75, 3.05) is 6.61 Å². The molecule has 0 aliphatic carbocycles. The Bertz CT molecular complexity index is 1440. The molecule has 0 amide bonds. The molecule has 10 heteroatoms. The minimum Gasteiger partial charge on any atom is -0.489 e. The Hall–Kier alpha value is -4.34. The van der Waals surface area contributed by atoms with Crippen molar-refractivity contribution in [1.29, 1.82) is 0 Å². The molecule has 0 atom stereocenters. The third-order valence-electron chi connectivity index (χ3n) is 4.98. The van der Waals surface area contributed by atoms with Crippen molar-refractivity contribution >= 4 is 16.9 Å². The molecule has 0 unspecified atom stereocenters. The fraction of sp³-hybridized carbons (Fsp3) is 0.154. The van der Waals surface area contributed by atoms with Gasteiger partial charge in [-0.15, -0.1) is 0 Å². The van der Waals surface area contributed by atoms with Crippen LogP contribution in [0.25, 0.3) is 11.0 Å². The molecule has 3 aromatic carbocycles. The van der Waals surface area contributed by atoms with Crippen LogP contribution in [0.2, 0.25) is 0 Å². The molecule has 4 aromatic rings. The summed E-state index contributed by atoms with van der Waals surface area (Å²) in [6.45, 7) is 1.81. The number of hydrogen-bond donors (Lipinski definition) is 0. The largest absolute Gasteiger partial charge is 0.489 e. The Morgan fingerprint density at radius 3 is 2.25 bits per heavy atom. The molecule has 0 fully saturated rings. The van der Waals surface area contributed by atoms with E-state index >= 15 is 0 Å². The van der Waals surface area contributed by atoms with Gasteiger partial charge in [0.25, 0.3) is 5.76 Å². The van der Waals surface area contributed by atoms with Crippen LogP contribution in [0, 0.1) is 5.82 Å². The maximum atomic E-state index is 13.8. The van der Waals surface area contributed by atoms with E-state index in [0.29, 0.717) is 5.56 Å². The van der Waals surface area contributed by atoms with Crippen LogP contribution in [0.1, 0.15) is 28.6 Å². The van der Waals surface area contributed by atoms with E-state index in [2.05, 4.69) is 0 Å². The molecular weight excluding hydrogens is 484 g/mol. The zero-order valence-corrected chi connectivity index (χ0v) is 18.7. The van der Waals surface area contributed by atoms with Gasteiger partial charge >= 0.3 is 12.1 Å². The molecule has 186 valence electrons. The van der Waals surface area contributed by atoms with E-state index < -0.39 is 34.9 Å². The average Bonchev–Trinajstić information content (AvgIpc) is 2.85. The third-order valence-corrected chi connectivity index (χ3v) is 4.98. The van der Waals surface area contributed by atoms with Gasteiger partial charge in [-0.25, -0.2) is 9.18 Å². The summed E-state index contributed by atoms with van der Waals surface area (Å²) in [6, 6.07) is 14.4. The van der Waals surface area contributed by atoms with Gasteiger partial charge in [-0.05, 0) is 61.0 Å². The van der Waals surface area contributed by atoms with E-state index in [1.807, 2.05) is 0 Å². The molecule has 6 nitrogen and oxygen atoms in total. The van der Waals surface area contributed by atoms with Gasteiger partial charge in [-0.1, -0.05) is 12.1 Å². The first-order valence-electron chi connectivity index (χ1n) is 10.7. The van der Waals surface area contributed by atoms with Crippen LogP contribution < -0.4 is 14.9 Å². The lowest BCUT2D eigenvalue weighted by Crippen LogP contribution is -2.15. The Morgan fingerprint density at radius 1 is 0.944 bits per heavy atom. The lowest BCUT2D eigenvalue weighted by molar-refractivity contribution is -0.154. The molecule has 0 aliphatic rings. The lowest BCUT2D eigenvalue weighted by atomic mass is 10.2.